The zero-order chi connectivity index (χ0) is 11.5. The molecule has 16 heavy (non-hydrogen) atoms. The van der Waals surface area contributed by atoms with Gasteiger partial charge in [-0.3, -0.25) is 0 Å². The van der Waals surface area contributed by atoms with Crippen LogP contribution in [-0.4, -0.2) is 26.2 Å². The van der Waals surface area contributed by atoms with Crippen LogP contribution in [0.2, 0.25) is 0 Å². The first kappa shape index (κ1) is 11.5. The average Bonchev–Trinajstić information content (AvgIpc) is 2.77. The molecule has 88 valence electrons. The fraction of sp³-hybridized carbons (Fsp3) is 0.571. The van der Waals surface area contributed by atoms with Gasteiger partial charge in [0.1, 0.15) is 0 Å². The highest BCUT2D eigenvalue weighted by Gasteiger charge is 2.23. The van der Waals surface area contributed by atoms with E-state index in [1.165, 1.54) is 24.2 Å². The van der Waals surface area contributed by atoms with E-state index < -0.39 is 0 Å². The van der Waals surface area contributed by atoms with Crippen LogP contribution in [0.15, 0.2) is 24.3 Å². The first-order valence-corrected chi connectivity index (χ1v) is 6.23. The van der Waals surface area contributed by atoms with E-state index in [1.54, 1.807) is 0 Å². The minimum Gasteiger partial charge on any atom is -0.370 e. The number of nitrogens with zero attached hydrogens (tertiary/aromatic N) is 1. The van der Waals surface area contributed by atoms with Crippen LogP contribution in [0.4, 0.5) is 5.69 Å². The van der Waals surface area contributed by atoms with Crippen molar-refractivity contribution in [2.75, 3.05) is 25.0 Å². The molecule has 1 atom stereocenters. The normalized spacial score (nSPS) is 20.8. The van der Waals surface area contributed by atoms with Crippen molar-refractivity contribution in [1.82, 2.24) is 5.32 Å². The number of hydrogen-bond acceptors (Lipinski definition) is 2. The summed E-state index contributed by atoms with van der Waals surface area (Å²) in [6, 6.07) is 9.46. The lowest BCUT2D eigenvalue weighted by atomic mass is 10.0. The summed E-state index contributed by atoms with van der Waals surface area (Å²) in [5.74, 6) is 0.602. The zero-order valence-electron chi connectivity index (χ0n) is 10.5. The maximum Gasteiger partial charge on any atom is 0.0401 e. The SMILES string of the molecule is CNC1CCN(c2ccccc2C(C)C)C1. The monoisotopic (exact) mass is 218 g/mol. The number of benzene rings is 1. The number of para-hydroxylation sites is 1. The molecule has 1 saturated heterocycles. The molecule has 0 amide bonds. The highest BCUT2D eigenvalue weighted by Crippen LogP contribution is 2.29. The van der Waals surface area contributed by atoms with Crippen LogP contribution in [0.25, 0.3) is 0 Å². The van der Waals surface area contributed by atoms with Crippen LogP contribution < -0.4 is 10.2 Å². The highest BCUT2D eigenvalue weighted by atomic mass is 15.2. The maximum absolute atomic E-state index is 3.37. The van der Waals surface area contributed by atoms with Gasteiger partial charge in [0.25, 0.3) is 0 Å². The number of likely N-dealkylation sites (N-methyl/N-ethyl adjacent to an activating group) is 1. The summed E-state index contributed by atoms with van der Waals surface area (Å²) in [6.45, 7) is 6.85. The first-order valence-electron chi connectivity index (χ1n) is 6.23. The Kier molecular flexibility index (Phi) is 3.49. The molecule has 1 N–H and O–H groups in total. The Morgan fingerprint density at radius 3 is 2.69 bits per heavy atom. The lowest BCUT2D eigenvalue weighted by Crippen LogP contribution is -2.29. The van der Waals surface area contributed by atoms with Gasteiger partial charge >= 0.3 is 0 Å². The van der Waals surface area contributed by atoms with Crippen molar-refractivity contribution >= 4 is 5.69 Å². The van der Waals surface area contributed by atoms with Gasteiger partial charge < -0.3 is 10.2 Å². The quantitative estimate of drug-likeness (QED) is 0.839. The molecular weight excluding hydrogens is 196 g/mol. The summed E-state index contributed by atoms with van der Waals surface area (Å²) >= 11 is 0. The minimum absolute atomic E-state index is 0.602. The molecule has 0 aromatic heterocycles. The number of anilines is 1. The summed E-state index contributed by atoms with van der Waals surface area (Å²) in [6.07, 6.45) is 1.25. The van der Waals surface area contributed by atoms with Gasteiger partial charge in [-0.25, -0.2) is 0 Å². The smallest absolute Gasteiger partial charge is 0.0401 e. The summed E-state index contributed by atoms with van der Waals surface area (Å²) in [5.41, 5.74) is 2.90. The highest BCUT2D eigenvalue weighted by molar-refractivity contribution is 5.55. The number of hydrogen-bond donors (Lipinski definition) is 1. The van der Waals surface area contributed by atoms with E-state index in [2.05, 4.69) is 55.4 Å². The van der Waals surface area contributed by atoms with Crippen molar-refractivity contribution < 1.29 is 0 Å². The summed E-state index contributed by atoms with van der Waals surface area (Å²) in [7, 11) is 2.06. The Hall–Kier alpha value is -1.02. The van der Waals surface area contributed by atoms with E-state index >= 15 is 0 Å². The van der Waals surface area contributed by atoms with E-state index in [-0.39, 0.29) is 0 Å². The second-order valence-electron chi connectivity index (χ2n) is 4.93. The third-order valence-corrected chi connectivity index (χ3v) is 3.50. The standard InChI is InChI=1S/C14H22N2/c1-11(2)13-6-4-5-7-14(13)16-9-8-12(10-16)15-3/h4-7,11-12,15H,8-10H2,1-3H3. The Labute approximate surface area is 98.7 Å². The Morgan fingerprint density at radius 1 is 1.31 bits per heavy atom. The molecule has 1 unspecified atom stereocenters. The van der Waals surface area contributed by atoms with Crippen LogP contribution in [-0.2, 0) is 0 Å². The van der Waals surface area contributed by atoms with Crippen LogP contribution in [0, 0.1) is 0 Å². The Balaban J connectivity index is 2.20. The molecule has 1 aromatic rings. The Bertz CT molecular complexity index is 346. The summed E-state index contributed by atoms with van der Waals surface area (Å²) in [4.78, 5) is 2.51. The zero-order valence-corrected chi connectivity index (χ0v) is 10.5. The first-order chi connectivity index (χ1) is 7.72. The summed E-state index contributed by atoms with van der Waals surface area (Å²) < 4.78 is 0. The second kappa shape index (κ2) is 4.88. The molecule has 2 nitrogen and oxygen atoms in total. The van der Waals surface area contributed by atoms with E-state index in [0.717, 1.165) is 6.54 Å². The van der Waals surface area contributed by atoms with E-state index in [1.807, 2.05) is 0 Å². The maximum atomic E-state index is 3.37. The van der Waals surface area contributed by atoms with Crippen molar-refractivity contribution in [3.8, 4) is 0 Å². The molecule has 0 bridgehead atoms. The van der Waals surface area contributed by atoms with Gasteiger partial charge in [-0.2, -0.15) is 0 Å². The van der Waals surface area contributed by atoms with Gasteiger partial charge in [-0.15, -0.1) is 0 Å². The van der Waals surface area contributed by atoms with Crippen LogP contribution >= 0.6 is 0 Å². The molecule has 0 saturated carbocycles. The molecular formula is C14H22N2. The van der Waals surface area contributed by atoms with Crippen molar-refractivity contribution in [1.29, 1.82) is 0 Å². The average molecular weight is 218 g/mol. The third kappa shape index (κ3) is 2.22. The topological polar surface area (TPSA) is 15.3 Å². The van der Waals surface area contributed by atoms with Gasteiger partial charge in [0.2, 0.25) is 0 Å². The van der Waals surface area contributed by atoms with Gasteiger partial charge in [0.05, 0.1) is 0 Å². The van der Waals surface area contributed by atoms with Gasteiger partial charge in [0, 0.05) is 24.8 Å². The van der Waals surface area contributed by atoms with Crippen molar-refractivity contribution in [2.24, 2.45) is 0 Å². The Morgan fingerprint density at radius 2 is 2.06 bits per heavy atom. The van der Waals surface area contributed by atoms with Crippen molar-refractivity contribution in [3.05, 3.63) is 29.8 Å². The molecule has 1 aromatic carbocycles. The van der Waals surface area contributed by atoms with Crippen molar-refractivity contribution in [2.45, 2.75) is 32.2 Å². The van der Waals surface area contributed by atoms with E-state index in [4.69, 9.17) is 0 Å². The molecule has 0 radical (unpaired) electrons. The number of nitrogens with one attached hydrogen (secondary N) is 1. The van der Waals surface area contributed by atoms with Gasteiger partial charge in [0.15, 0.2) is 0 Å². The molecule has 0 aliphatic carbocycles. The molecule has 2 rings (SSSR count). The molecule has 2 heteroatoms. The lowest BCUT2D eigenvalue weighted by Gasteiger charge is -2.23. The van der Waals surface area contributed by atoms with E-state index in [0.29, 0.717) is 12.0 Å². The molecule has 1 fully saturated rings. The van der Waals surface area contributed by atoms with Gasteiger partial charge in [-0.1, -0.05) is 32.0 Å². The lowest BCUT2D eigenvalue weighted by molar-refractivity contribution is 0.616. The molecule has 1 heterocycles. The second-order valence-corrected chi connectivity index (χ2v) is 4.93. The van der Waals surface area contributed by atoms with E-state index in [9.17, 15) is 0 Å². The molecule has 0 spiro atoms. The van der Waals surface area contributed by atoms with Crippen LogP contribution in [0.3, 0.4) is 0 Å². The predicted molar refractivity (Wildman–Crippen MR) is 70.2 cm³/mol. The fourth-order valence-electron chi connectivity index (χ4n) is 2.48. The van der Waals surface area contributed by atoms with Crippen LogP contribution in [0.5, 0.6) is 0 Å². The van der Waals surface area contributed by atoms with Crippen LogP contribution in [0.1, 0.15) is 31.7 Å². The van der Waals surface area contributed by atoms with Gasteiger partial charge in [-0.05, 0) is 31.0 Å². The predicted octanol–water partition coefficient (Wildman–Crippen LogP) is 2.61. The molecule has 1 aliphatic heterocycles. The third-order valence-electron chi connectivity index (χ3n) is 3.50. The fourth-order valence-corrected chi connectivity index (χ4v) is 2.48. The van der Waals surface area contributed by atoms with Crippen molar-refractivity contribution in [3.63, 3.8) is 0 Å². The number of rotatable bonds is 3. The molecule has 1 aliphatic rings. The summed E-state index contributed by atoms with van der Waals surface area (Å²) in [5, 5.41) is 3.37. The largest absolute Gasteiger partial charge is 0.370 e. The minimum atomic E-state index is 0.602.